The third kappa shape index (κ3) is 2.42. The molecule has 0 aromatic heterocycles. The highest BCUT2D eigenvalue weighted by Gasteiger charge is 2.08. The van der Waals surface area contributed by atoms with Gasteiger partial charge in [-0.1, -0.05) is 6.07 Å². The molecule has 0 aliphatic heterocycles. The molecule has 0 unspecified atom stereocenters. The summed E-state index contributed by atoms with van der Waals surface area (Å²) in [5, 5.41) is 2.92. The molecular weight excluding hydrogens is 234 g/mol. The van der Waals surface area contributed by atoms with Crippen molar-refractivity contribution in [2.45, 2.75) is 13.8 Å². The Hall–Kier alpha value is -2.10. The van der Waals surface area contributed by atoms with Crippen molar-refractivity contribution >= 4 is 17.1 Å². The van der Waals surface area contributed by atoms with Crippen LogP contribution in [-0.4, -0.2) is 0 Å². The summed E-state index contributed by atoms with van der Waals surface area (Å²) in [6, 6.07) is 7.61. The highest BCUT2D eigenvalue weighted by atomic mass is 19.1. The minimum absolute atomic E-state index is 0.0883. The molecule has 2 rings (SSSR count). The molecule has 0 saturated carbocycles. The number of nitrogens with two attached hydrogens (primary N) is 1. The Morgan fingerprint density at radius 3 is 2.39 bits per heavy atom. The van der Waals surface area contributed by atoms with Gasteiger partial charge in [0.1, 0.15) is 5.82 Å². The van der Waals surface area contributed by atoms with Crippen molar-refractivity contribution in [2.24, 2.45) is 0 Å². The Morgan fingerprint density at radius 2 is 1.72 bits per heavy atom. The van der Waals surface area contributed by atoms with Gasteiger partial charge in [0.15, 0.2) is 5.82 Å². The molecule has 0 spiro atoms. The summed E-state index contributed by atoms with van der Waals surface area (Å²) >= 11 is 0. The monoisotopic (exact) mass is 248 g/mol. The first-order chi connectivity index (χ1) is 8.47. The molecule has 0 saturated heterocycles. The first-order valence-electron chi connectivity index (χ1n) is 5.56. The fourth-order valence-electron chi connectivity index (χ4n) is 1.66. The van der Waals surface area contributed by atoms with Crippen molar-refractivity contribution in [1.29, 1.82) is 0 Å². The number of anilines is 3. The van der Waals surface area contributed by atoms with Gasteiger partial charge in [0.2, 0.25) is 0 Å². The molecule has 2 aromatic carbocycles. The molecule has 2 nitrogen and oxygen atoms in total. The van der Waals surface area contributed by atoms with E-state index in [1.165, 1.54) is 6.07 Å². The van der Waals surface area contributed by atoms with E-state index in [0.717, 1.165) is 22.9 Å². The average molecular weight is 248 g/mol. The van der Waals surface area contributed by atoms with Crippen LogP contribution in [0.4, 0.5) is 25.8 Å². The zero-order valence-corrected chi connectivity index (χ0v) is 10.2. The van der Waals surface area contributed by atoms with Crippen LogP contribution in [0.3, 0.4) is 0 Å². The Labute approximate surface area is 104 Å². The third-order valence-corrected chi connectivity index (χ3v) is 2.88. The predicted octanol–water partition coefficient (Wildman–Crippen LogP) is 3.91. The number of benzene rings is 2. The molecule has 4 heteroatoms. The van der Waals surface area contributed by atoms with Crippen molar-refractivity contribution in [3.63, 3.8) is 0 Å². The Kier molecular flexibility index (Phi) is 3.19. The highest BCUT2D eigenvalue weighted by molar-refractivity contribution is 5.73. The van der Waals surface area contributed by atoms with Gasteiger partial charge in [-0.15, -0.1) is 0 Å². The van der Waals surface area contributed by atoms with Gasteiger partial charge in [-0.05, 0) is 43.2 Å². The van der Waals surface area contributed by atoms with Crippen molar-refractivity contribution < 1.29 is 8.78 Å². The van der Waals surface area contributed by atoms with Gasteiger partial charge in [0, 0.05) is 11.8 Å². The van der Waals surface area contributed by atoms with Gasteiger partial charge < -0.3 is 11.1 Å². The minimum Gasteiger partial charge on any atom is -0.395 e. The third-order valence-electron chi connectivity index (χ3n) is 2.88. The zero-order chi connectivity index (χ0) is 13.3. The van der Waals surface area contributed by atoms with E-state index in [9.17, 15) is 8.78 Å². The van der Waals surface area contributed by atoms with Crippen LogP contribution in [-0.2, 0) is 0 Å². The van der Waals surface area contributed by atoms with Crippen LogP contribution in [0.2, 0.25) is 0 Å². The molecular formula is C14H14F2N2. The number of hydrogen-bond acceptors (Lipinski definition) is 2. The average Bonchev–Trinajstić information content (AvgIpc) is 2.30. The first kappa shape index (κ1) is 12.4. The minimum atomic E-state index is -0.763. The van der Waals surface area contributed by atoms with Gasteiger partial charge in [-0.25, -0.2) is 8.78 Å². The molecule has 2 aromatic rings. The molecule has 3 N–H and O–H groups in total. The molecule has 0 bridgehead atoms. The fourth-order valence-corrected chi connectivity index (χ4v) is 1.66. The zero-order valence-electron chi connectivity index (χ0n) is 10.2. The number of rotatable bonds is 2. The quantitative estimate of drug-likeness (QED) is 0.791. The maximum absolute atomic E-state index is 13.3. The van der Waals surface area contributed by atoms with E-state index < -0.39 is 11.6 Å². The molecule has 0 aliphatic carbocycles. The lowest BCUT2D eigenvalue weighted by Crippen LogP contribution is -2.00. The van der Waals surface area contributed by atoms with Crippen LogP contribution in [0.1, 0.15) is 11.1 Å². The van der Waals surface area contributed by atoms with Crippen LogP contribution in [0.25, 0.3) is 0 Å². The fraction of sp³-hybridized carbons (Fsp3) is 0.143. The molecule has 0 heterocycles. The lowest BCUT2D eigenvalue weighted by Gasteiger charge is -2.11. The molecule has 94 valence electrons. The molecule has 18 heavy (non-hydrogen) atoms. The van der Waals surface area contributed by atoms with E-state index in [2.05, 4.69) is 5.32 Å². The topological polar surface area (TPSA) is 38.0 Å². The van der Waals surface area contributed by atoms with Crippen LogP contribution in [0.15, 0.2) is 30.3 Å². The summed E-state index contributed by atoms with van der Waals surface area (Å²) in [5.41, 5.74) is 8.70. The Balaban J connectivity index is 2.36. The second kappa shape index (κ2) is 4.64. The van der Waals surface area contributed by atoms with Crippen LogP contribution >= 0.6 is 0 Å². The molecule has 0 aliphatic rings. The Morgan fingerprint density at radius 1 is 1.00 bits per heavy atom. The summed E-state index contributed by atoms with van der Waals surface area (Å²) in [5.74, 6) is -1.42. The number of nitrogen functional groups attached to an aromatic ring is 1. The SMILES string of the molecule is Cc1ccc(Nc2cc(F)cc(F)c2N)cc1C. The number of nitrogens with one attached hydrogen (secondary N) is 1. The van der Waals surface area contributed by atoms with E-state index in [4.69, 9.17) is 5.73 Å². The molecule has 0 atom stereocenters. The van der Waals surface area contributed by atoms with Crippen LogP contribution in [0, 0.1) is 25.5 Å². The Bertz CT molecular complexity index is 595. The summed E-state index contributed by atoms with van der Waals surface area (Å²) in [4.78, 5) is 0. The van der Waals surface area contributed by atoms with Gasteiger partial charge >= 0.3 is 0 Å². The van der Waals surface area contributed by atoms with Crippen molar-refractivity contribution in [1.82, 2.24) is 0 Å². The first-order valence-corrected chi connectivity index (χ1v) is 5.56. The van der Waals surface area contributed by atoms with E-state index in [-0.39, 0.29) is 11.4 Å². The van der Waals surface area contributed by atoms with Gasteiger partial charge in [-0.3, -0.25) is 0 Å². The number of hydrogen-bond donors (Lipinski definition) is 2. The second-order valence-corrected chi connectivity index (χ2v) is 4.27. The van der Waals surface area contributed by atoms with Crippen LogP contribution < -0.4 is 11.1 Å². The van der Waals surface area contributed by atoms with Crippen molar-refractivity contribution in [2.75, 3.05) is 11.1 Å². The molecule has 0 amide bonds. The summed E-state index contributed by atoms with van der Waals surface area (Å²) in [6.45, 7) is 3.96. The van der Waals surface area contributed by atoms with Crippen LogP contribution in [0.5, 0.6) is 0 Å². The van der Waals surface area contributed by atoms with Gasteiger partial charge in [0.25, 0.3) is 0 Å². The van der Waals surface area contributed by atoms with E-state index in [1.807, 2.05) is 32.0 Å². The van der Waals surface area contributed by atoms with Gasteiger partial charge in [0.05, 0.1) is 11.4 Å². The molecule has 0 radical (unpaired) electrons. The summed E-state index contributed by atoms with van der Waals surface area (Å²) in [6.07, 6.45) is 0. The number of halogens is 2. The maximum Gasteiger partial charge on any atom is 0.151 e. The highest BCUT2D eigenvalue weighted by Crippen LogP contribution is 2.27. The van der Waals surface area contributed by atoms with Crippen molar-refractivity contribution in [3.8, 4) is 0 Å². The lowest BCUT2D eigenvalue weighted by atomic mass is 10.1. The summed E-state index contributed by atoms with van der Waals surface area (Å²) in [7, 11) is 0. The van der Waals surface area contributed by atoms with E-state index >= 15 is 0 Å². The van der Waals surface area contributed by atoms with Crippen molar-refractivity contribution in [3.05, 3.63) is 53.1 Å². The second-order valence-electron chi connectivity index (χ2n) is 4.27. The normalized spacial score (nSPS) is 10.4. The van der Waals surface area contributed by atoms with E-state index in [0.29, 0.717) is 0 Å². The summed E-state index contributed by atoms with van der Waals surface area (Å²) < 4.78 is 26.4. The smallest absolute Gasteiger partial charge is 0.151 e. The van der Waals surface area contributed by atoms with E-state index in [1.54, 1.807) is 0 Å². The standard InChI is InChI=1S/C14H14F2N2/c1-8-3-4-11(5-9(8)2)18-13-7-10(15)6-12(16)14(13)17/h3-7,18H,17H2,1-2H3. The predicted molar refractivity (Wildman–Crippen MR) is 70.0 cm³/mol. The number of aryl methyl sites for hydroxylation is 2. The molecule has 0 fully saturated rings. The van der Waals surface area contributed by atoms with Gasteiger partial charge in [-0.2, -0.15) is 0 Å². The maximum atomic E-state index is 13.3. The lowest BCUT2D eigenvalue weighted by molar-refractivity contribution is 0.587. The largest absolute Gasteiger partial charge is 0.395 e.